The number of carbonyl (C=O) groups excluding carboxylic acids is 1. The number of likely N-dealkylation sites (N-methyl/N-ethyl adjacent to an activating group) is 1. The molecule has 0 fully saturated rings. The molecule has 1 unspecified atom stereocenters. The molecule has 3 N–H and O–H groups in total. The van der Waals surface area contributed by atoms with Crippen LogP contribution in [0.3, 0.4) is 0 Å². The van der Waals surface area contributed by atoms with Crippen LogP contribution in [0.25, 0.3) is 0 Å². The summed E-state index contributed by atoms with van der Waals surface area (Å²) >= 11 is 0. The number of primary amides is 1. The van der Waals surface area contributed by atoms with E-state index >= 15 is 0 Å². The van der Waals surface area contributed by atoms with Crippen LogP contribution in [0, 0.1) is 0 Å². The van der Waals surface area contributed by atoms with Crippen LogP contribution in [0.15, 0.2) is 18.2 Å². The van der Waals surface area contributed by atoms with Crippen molar-refractivity contribution >= 4 is 5.91 Å². The van der Waals surface area contributed by atoms with Gasteiger partial charge in [-0.1, -0.05) is 13.0 Å². The first-order valence-corrected chi connectivity index (χ1v) is 6.00. The van der Waals surface area contributed by atoms with Gasteiger partial charge >= 0.3 is 0 Å². The number of rotatable bonds is 8. The average molecular weight is 268 g/mol. The molecule has 0 aliphatic heterocycles. The van der Waals surface area contributed by atoms with Crippen LogP contribution in [0.5, 0.6) is 17.2 Å². The van der Waals surface area contributed by atoms with Crippen LogP contribution in [0.4, 0.5) is 0 Å². The lowest BCUT2D eigenvalue weighted by Crippen LogP contribution is -2.45. The molecule has 1 rings (SSSR count). The smallest absolute Gasteiger partial charge is 0.238 e. The minimum absolute atomic E-state index is 0.111. The van der Waals surface area contributed by atoms with Crippen LogP contribution < -0.4 is 25.3 Å². The fraction of sp³-hybridized carbons (Fsp3) is 0.462. The molecular formula is C13H20N2O4. The van der Waals surface area contributed by atoms with E-state index in [-0.39, 0.29) is 6.61 Å². The van der Waals surface area contributed by atoms with Crippen molar-refractivity contribution in [3.8, 4) is 17.2 Å². The molecule has 0 spiro atoms. The Bertz CT molecular complexity index is 401. The van der Waals surface area contributed by atoms with E-state index in [1.165, 1.54) is 14.2 Å². The molecule has 1 aromatic rings. The SMILES string of the molecule is CCNC(COc1c(OC)cccc1OC)C(N)=O. The van der Waals surface area contributed by atoms with Crippen molar-refractivity contribution in [2.24, 2.45) is 5.73 Å². The van der Waals surface area contributed by atoms with Gasteiger partial charge in [-0.15, -0.1) is 0 Å². The van der Waals surface area contributed by atoms with Crippen molar-refractivity contribution in [2.75, 3.05) is 27.4 Å². The van der Waals surface area contributed by atoms with Crippen molar-refractivity contribution in [3.63, 3.8) is 0 Å². The molecule has 6 heteroatoms. The minimum atomic E-state index is -0.556. The zero-order chi connectivity index (χ0) is 14.3. The molecule has 0 saturated heterocycles. The van der Waals surface area contributed by atoms with Gasteiger partial charge in [0.1, 0.15) is 12.6 Å². The Hall–Kier alpha value is -1.95. The summed E-state index contributed by atoms with van der Waals surface area (Å²) in [4.78, 5) is 11.2. The quantitative estimate of drug-likeness (QED) is 0.719. The highest BCUT2D eigenvalue weighted by Gasteiger charge is 2.18. The van der Waals surface area contributed by atoms with E-state index in [4.69, 9.17) is 19.9 Å². The number of para-hydroxylation sites is 1. The average Bonchev–Trinajstić information content (AvgIpc) is 2.42. The summed E-state index contributed by atoms with van der Waals surface area (Å²) in [5.74, 6) is 1.07. The number of ether oxygens (including phenoxy) is 3. The van der Waals surface area contributed by atoms with Crippen molar-refractivity contribution < 1.29 is 19.0 Å². The van der Waals surface area contributed by atoms with Crippen LogP contribution in [0.2, 0.25) is 0 Å². The van der Waals surface area contributed by atoms with Crippen molar-refractivity contribution in [1.82, 2.24) is 5.32 Å². The minimum Gasteiger partial charge on any atom is -0.493 e. The molecule has 0 heterocycles. The first-order chi connectivity index (χ1) is 9.13. The van der Waals surface area contributed by atoms with Crippen LogP contribution in [0.1, 0.15) is 6.92 Å². The number of hydrogen-bond acceptors (Lipinski definition) is 5. The van der Waals surface area contributed by atoms with E-state index in [1.807, 2.05) is 6.92 Å². The summed E-state index contributed by atoms with van der Waals surface area (Å²) < 4.78 is 16.0. The summed E-state index contributed by atoms with van der Waals surface area (Å²) in [6.45, 7) is 2.62. The fourth-order valence-corrected chi connectivity index (χ4v) is 1.61. The van der Waals surface area contributed by atoms with Gasteiger partial charge in [0.2, 0.25) is 11.7 Å². The normalized spacial score (nSPS) is 11.7. The molecule has 0 radical (unpaired) electrons. The molecule has 19 heavy (non-hydrogen) atoms. The Balaban J connectivity index is 2.83. The Morgan fingerprint density at radius 3 is 2.32 bits per heavy atom. The van der Waals surface area contributed by atoms with E-state index < -0.39 is 11.9 Å². The van der Waals surface area contributed by atoms with Crippen molar-refractivity contribution in [2.45, 2.75) is 13.0 Å². The maximum atomic E-state index is 11.2. The number of hydrogen-bond donors (Lipinski definition) is 2. The Labute approximate surface area is 112 Å². The summed E-state index contributed by atoms with van der Waals surface area (Å²) in [6.07, 6.45) is 0. The lowest BCUT2D eigenvalue weighted by molar-refractivity contribution is -0.120. The molecule has 0 aliphatic rings. The Morgan fingerprint density at radius 2 is 1.89 bits per heavy atom. The number of amides is 1. The second kappa shape index (κ2) is 7.48. The van der Waals surface area contributed by atoms with E-state index in [2.05, 4.69) is 5.32 Å². The van der Waals surface area contributed by atoms with Crippen LogP contribution >= 0.6 is 0 Å². The largest absolute Gasteiger partial charge is 0.493 e. The number of carbonyl (C=O) groups is 1. The highest BCUT2D eigenvalue weighted by atomic mass is 16.5. The highest BCUT2D eigenvalue weighted by molar-refractivity contribution is 5.80. The van der Waals surface area contributed by atoms with Crippen LogP contribution in [-0.2, 0) is 4.79 Å². The maximum Gasteiger partial charge on any atom is 0.238 e. The van der Waals surface area contributed by atoms with Gasteiger partial charge in [-0.3, -0.25) is 4.79 Å². The molecule has 1 atom stereocenters. The third kappa shape index (κ3) is 4.03. The van der Waals surface area contributed by atoms with Crippen LogP contribution in [-0.4, -0.2) is 39.3 Å². The molecule has 1 aromatic carbocycles. The first-order valence-electron chi connectivity index (χ1n) is 6.00. The van der Waals surface area contributed by atoms with E-state index in [1.54, 1.807) is 18.2 Å². The number of nitrogens with one attached hydrogen (secondary N) is 1. The molecular weight excluding hydrogens is 248 g/mol. The van der Waals surface area contributed by atoms with Gasteiger partial charge in [0.15, 0.2) is 11.5 Å². The Kier molecular flexibility index (Phi) is 5.95. The zero-order valence-corrected chi connectivity index (χ0v) is 11.4. The summed E-state index contributed by atoms with van der Waals surface area (Å²) in [5.41, 5.74) is 5.28. The first kappa shape index (κ1) is 15.1. The summed E-state index contributed by atoms with van der Waals surface area (Å²) in [6, 6.07) is 4.74. The van der Waals surface area contributed by atoms with Gasteiger partial charge in [-0.05, 0) is 18.7 Å². The van der Waals surface area contributed by atoms with Gasteiger partial charge in [0, 0.05) is 0 Å². The zero-order valence-electron chi connectivity index (χ0n) is 11.4. The third-order valence-corrected chi connectivity index (χ3v) is 2.57. The highest BCUT2D eigenvalue weighted by Crippen LogP contribution is 2.36. The molecule has 0 saturated carbocycles. The van der Waals surface area contributed by atoms with E-state index in [0.717, 1.165) is 0 Å². The predicted molar refractivity (Wildman–Crippen MR) is 71.7 cm³/mol. The predicted octanol–water partition coefficient (Wildman–Crippen LogP) is 0.546. The lowest BCUT2D eigenvalue weighted by Gasteiger charge is -2.18. The molecule has 0 aliphatic carbocycles. The standard InChI is InChI=1S/C13H20N2O4/c1-4-15-9(13(14)16)8-19-12-10(17-2)6-5-7-11(12)18-3/h5-7,9,15H,4,8H2,1-3H3,(H2,14,16). The van der Waals surface area contributed by atoms with E-state index in [9.17, 15) is 4.79 Å². The second-order valence-corrected chi connectivity index (χ2v) is 3.82. The number of nitrogens with two attached hydrogens (primary N) is 1. The third-order valence-electron chi connectivity index (χ3n) is 2.57. The molecule has 106 valence electrons. The second-order valence-electron chi connectivity index (χ2n) is 3.82. The molecule has 0 aromatic heterocycles. The van der Waals surface area contributed by atoms with E-state index in [0.29, 0.717) is 23.8 Å². The molecule has 1 amide bonds. The van der Waals surface area contributed by atoms with Gasteiger partial charge in [0.25, 0.3) is 0 Å². The number of benzene rings is 1. The Morgan fingerprint density at radius 1 is 1.32 bits per heavy atom. The summed E-state index contributed by atoms with van der Waals surface area (Å²) in [5, 5.41) is 2.95. The topological polar surface area (TPSA) is 82.8 Å². The van der Waals surface area contributed by atoms with Crippen molar-refractivity contribution in [3.05, 3.63) is 18.2 Å². The van der Waals surface area contributed by atoms with Gasteiger partial charge in [0.05, 0.1) is 14.2 Å². The molecule has 6 nitrogen and oxygen atoms in total. The number of methoxy groups -OCH3 is 2. The van der Waals surface area contributed by atoms with Gasteiger partial charge in [-0.2, -0.15) is 0 Å². The van der Waals surface area contributed by atoms with Gasteiger partial charge < -0.3 is 25.3 Å². The maximum absolute atomic E-state index is 11.2. The van der Waals surface area contributed by atoms with Crippen molar-refractivity contribution in [1.29, 1.82) is 0 Å². The van der Waals surface area contributed by atoms with Gasteiger partial charge in [-0.25, -0.2) is 0 Å². The molecule has 0 bridgehead atoms. The lowest BCUT2D eigenvalue weighted by atomic mass is 10.2. The fourth-order valence-electron chi connectivity index (χ4n) is 1.61. The summed E-state index contributed by atoms with van der Waals surface area (Å²) in [7, 11) is 3.08. The monoisotopic (exact) mass is 268 g/mol.